The number of amides is 1. The number of halogens is 3. The number of rotatable bonds is 9. The third-order valence-corrected chi connectivity index (χ3v) is 6.11. The zero-order valence-electron chi connectivity index (χ0n) is 16.8. The molecule has 1 saturated carbocycles. The Morgan fingerprint density at radius 2 is 1.81 bits per heavy atom. The molecule has 1 aliphatic carbocycles. The number of alkyl halides is 3. The number of nitrogens with one attached hydrogen (secondary N) is 2. The molecule has 0 unspecified atom stereocenters. The summed E-state index contributed by atoms with van der Waals surface area (Å²) in [5.41, 5.74) is 1.62. The lowest BCUT2D eigenvalue weighted by Crippen LogP contribution is -2.25. The van der Waals surface area contributed by atoms with Crippen molar-refractivity contribution < 1.29 is 31.1 Å². The number of anilines is 1. The van der Waals surface area contributed by atoms with Crippen LogP contribution >= 0.6 is 0 Å². The number of hydrogen-bond acceptors (Lipinski definition) is 4. The first-order valence-electron chi connectivity index (χ1n) is 9.73. The highest BCUT2D eigenvalue weighted by molar-refractivity contribution is 7.89. The maximum absolute atomic E-state index is 12.5. The van der Waals surface area contributed by atoms with Gasteiger partial charge in [0.15, 0.2) is 6.61 Å². The standard InChI is InChI=1S/C21H23F3N2O4S/c1-14-2-10-18(19(12-14)30-13-21(22,23)24)25-20(27)11-5-15-3-8-17(9-4-15)31(28,29)26-16-6-7-16/h2-4,8-10,12,16,26H,5-7,11,13H2,1H3,(H,25,27). The second-order valence-corrected chi connectivity index (χ2v) is 9.21. The van der Waals surface area contributed by atoms with Crippen molar-refractivity contribution in [2.45, 2.75) is 49.7 Å². The Hall–Kier alpha value is -2.59. The quantitative estimate of drug-likeness (QED) is 0.599. The van der Waals surface area contributed by atoms with E-state index in [2.05, 4.69) is 10.0 Å². The molecular weight excluding hydrogens is 433 g/mol. The van der Waals surface area contributed by atoms with Crippen molar-refractivity contribution in [1.29, 1.82) is 0 Å². The highest BCUT2D eigenvalue weighted by Gasteiger charge is 2.29. The van der Waals surface area contributed by atoms with Crippen molar-refractivity contribution in [3.05, 3.63) is 53.6 Å². The Labute approximate surface area is 178 Å². The second-order valence-electron chi connectivity index (χ2n) is 7.49. The fraction of sp³-hybridized carbons (Fsp3) is 0.381. The minimum absolute atomic E-state index is 0.0140. The van der Waals surface area contributed by atoms with Crippen LogP contribution in [0.4, 0.5) is 18.9 Å². The third-order valence-electron chi connectivity index (χ3n) is 4.58. The molecule has 0 heterocycles. The number of aryl methyl sites for hydroxylation is 2. The highest BCUT2D eigenvalue weighted by atomic mass is 32.2. The first-order chi connectivity index (χ1) is 14.5. The summed E-state index contributed by atoms with van der Waals surface area (Å²) < 4.78 is 69.1. The Balaban J connectivity index is 1.56. The van der Waals surface area contributed by atoms with Crippen LogP contribution in [0.3, 0.4) is 0 Å². The SMILES string of the molecule is Cc1ccc(NC(=O)CCc2ccc(S(=O)(=O)NC3CC3)cc2)c(OCC(F)(F)F)c1. The van der Waals surface area contributed by atoms with Crippen LogP contribution in [0.15, 0.2) is 47.4 Å². The summed E-state index contributed by atoms with van der Waals surface area (Å²) in [6.07, 6.45) is -2.39. The number of ether oxygens (including phenoxy) is 1. The molecule has 2 aromatic carbocycles. The van der Waals surface area contributed by atoms with E-state index in [-0.39, 0.29) is 28.8 Å². The zero-order chi connectivity index (χ0) is 22.6. The highest BCUT2D eigenvalue weighted by Crippen LogP contribution is 2.28. The predicted molar refractivity (Wildman–Crippen MR) is 109 cm³/mol. The van der Waals surface area contributed by atoms with E-state index < -0.39 is 28.7 Å². The number of sulfonamides is 1. The molecular formula is C21H23F3N2O4S. The van der Waals surface area contributed by atoms with Crippen LogP contribution in [-0.4, -0.2) is 33.1 Å². The summed E-state index contributed by atoms with van der Waals surface area (Å²) in [7, 11) is -3.53. The van der Waals surface area contributed by atoms with E-state index in [4.69, 9.17) is 4.74 Å². The van der Waals surface area contributed by atoms with Gasteiger partial charge in [-0.2, -0.15) is 13.2 Å². The lowest BCUT2D eigenvalue weighted by molar-refractivity contribution is -0.153. The van der Waals surface area contributed by atoms with Crippen LogP contribution < -0.4 is 14.8 Å². The van der Waals surface area contributed by atoms with Crippen molar-refractivity contribution in [1.82, 2.24) is 4.72 Å². The van der Waals surface area contributed by atoms with E-state index in [1.54, 1.807) is 25.1 Å². The van der Waals surface area contributed by atoms with Gasteiger partial charge in [-0.05, 0) is 61.6 Å². The van der Waals surface area contributed by atoms with E-state index in [0.717, 1.165) is 18.4 Å². The van der Waals surface area contributed by atoms with E-state index in [1.807, 2.05) is 0 Å². The minimum atomic E-state index is -4.49. The monoisotopic (exact) mass is 456 g/mol. The maximum Gasteiger partial charge on any atom is 0.422 e. The van der Waals surface area contributed by atoms with Gasteiger partial charge < -0.3 is 10.1 Å². The molecule has 0 radical (unpaired) electrons. The second kappa shape index (κ2) is 9.27. The fourth-order valence-electron chi connectivity index (χ4n) is 2.81. The average Bonchev–Trinajstić information content (AvgIpc) is 3.49. The Morgan fingerprint density at radius 3 is 2.42 bits per heavy atom. The first-order valence-corrected chi connectivity index (χ1v) is 11.2. The van der Waals surface area contributed by atoms with Gasteiger partial charge >= 0.3 is 6.18 Å². The van der Waals surface area contributed by atoms with Crippen LogP contribution in [0.5, 0.6) is 5.75 Å². The molecule has 1 aliphatic rings. The van der Waals surface area contributed by atoms with E-state index in [9.17, 15) is 26.4 Å². The summed E-state index contributed by atoms with van der Waals surface area (Å²) in [6.45, 7) is 0.250. The molecule has 6 nitrogen and oxygen atoms in total. The molecule has 0 aliphatic heterocycles. The molecule has 3 rings (SSSR count). The van der Waals surface area contributed by atoms with Crippen molar-refractivity contribution in [3.8, 4) is 5.75 Å². The Kier molecular flexibility index (Phi) is 6.90. The summed E-state index contributed by atoms with van der Waals surface area (Å²) in [5.74, 6) is -0.448. The van der Waals surface area contributed by atoms with E-state index in [1.165, 1.54) is 24.3 Å². The normalized spacial score (nSPS) is 14.3. The number of carbonyl (C=O) groups is 1. The van der Waals surface area contributed by atoms with Crippen LogP contribution in [0.2, 0.25) is 0 Å². The summed E-state index contributed by atoms with van der Waals surface area (Å²) in [6, 6.07) is 10.8. The van der Waals surface area contributed by atoms with Gasteiger partial charge in [0.2, 0.25) is 15.9 Å². The molecule has 10 heteroatoms. The zero-order valence-corrected chi connectivity index (χ0v) is 17.6. The maximum atomic E-state index is 12.5. The van der Waals surface area contributed by atoms with Gasteiger partial charge in [-0.3, -0.25) is 4.79 Å². The smallest absolute Gasteiger partial charge is 0.422 e. The third kappa shape index (κ3) is 7.25. The Bertz CT molecular complexity index is 1030. The minimum Gasteiger partial charge on any atom is -0.482 e. The molecule has 2 N–H and O–H groups in total. The van der Waals surface area contributed by atoms with E-state index in [0.29, 0.717) is 12.0 Å². The molecule has 0 atom stereocenters. The van der Waals surface area contributed by atoms with Gasteiger partial charge in [-0.1, -0.05) is 18.2 Å². The number of benzene rings is 2. The van der Waals surface area contributed by atoms with Crippen molar-refractivity contribution >= 4 is 21.6 Å². The van der Waals surface area contributed by atoms with Gasteiger partial charge in [-0.25, -0.2) is 13.1 Å². The molecule has 0 spiro atoms. The van der Waals surface area contributed by atoms with Crippen molar-refractivity contribution in [3.63, 3.8) is 0 Å². The largest absolute Gasteiger partial charge is 0.482 e. The van der Waals surface area contributed by atoms with Gasteiger partial charge in [0, 0.05) is 12.5 Å². The Morgan fingerprint density at radius 1 is 1.13 bits per heavy atom. The van der Waals surface area contributed by atoms with Crippen LogP contribution in [0, 0.1) is 6.92 Å². The molecule has 0 bridgehead atoms. The molecule has 0 saturated heterocycles. The van der Waals surface area contributed by atoms with Crippen LogP contribution in [0.1, 0.15) is 30.4 Å². The molecule has 1 amide bonds. The molecule has 0 aromatic heterocycles. The number of hydrogen-bond donors (Lipinski definition) is 2. The van der Waals surface area contributed by atoms with Gasteiger partial charge in [0.1, 0.15) is 5.75 Å². The van der Waals surface area contributed by atoms with Crippen molar-refractivity contribution in [2.24, 2.45) is 0 Å². The first kappa shape index (κ1) is 23.1. The summed E-state index contributed by atoms with van der Waals surface area (Å²) in [5, 5.41) is 2.57. The molecule has 2 aromatic rings. The average molecular weight is 456 g/mol. The topological polar surface area (TPSA) is 84.5 Å². The van der Waals surface area contributed by atoms with E-state index >= 15 is 0 Å². The van der Waals surface area contributed by atoms with Crippen LogP contribution in [0.25, 0.3) is 0 Å². The van der Waals surface area contributed by atoms with Crippen molar-refractivity contribution in [2.75, 3.05) is 11.9 Å². The van der Waals surface area contributed by atoms with Crippen LogP contribution in [-0.2, 0) is 21.2 Å². The summed E-state index contributed by atoms with van der Waals surface area (Å²) >= 11 is 0. The fourth-order valence-corrected chi connectivity index (χ4v) is 4.11. The molecule has 31 heavy (non-hydrogen) atoms. The summed E-state index contributed by atoms with van der Waals surface area (Å²) in [4.78, 5) is 12.4. The predicted octanol–water partition coefficient (Wildman–Crippen LogP) is 3.95. The lowest BCUT2D eigenvalue weighted by atomic mass is 10.1. The number of carbonyl (C=O) groups excluding carboxylic acids is 1. The lowest BCUT2D eigenvalue weighted by Gasteiger charge is -2.14. The van der Waals surface area contributed by atoms with Gasteiger partial charge in [-0.15, -0.1) is 0 Å². The molecule has 168 valence electrons. The van der Waals surface area contributed by atoms with Gasteiger partial charge in [0.05, 0.1) is 10.6 Å². The molecule has 1 fully saturated rings. The van der Waals surface area contributed by atoms with Gasteiger partial charge in [0.25, 0.3) is 0 Å².